The van der Waals surface area contributed by atoms with Gasteiger partial charge in [0, 0.05) is 19.3 Å². The van der Waals surface area contributed by atoms with Crippen molar-refractivity contribution in [2.24, 2.45) is 5.41 Å². The normalized spacial score (nSPS) is 12.9. The molecule has 1 unspecified atom stereocenters. The molecule has 0 aliphatic rings. The van der Waals surface area contributed by atoms with E-state index in [4.69, 9.17) is 10.4 Å². The molecule has 0 saturated carbocycles. The second-order valence-corrected chi connectivity index (χ2v) is 5.10. The van der Waals surface area contributed by atoms with Crippen molar-refractivity contribution >= 4 is 17.7 Å². The predicted molar refractivity (Wildman–Crippen MR) is 79.0 cm³/mol. The third kappa shape index (κ3) is 3.96. The van der Waals surface area contributed by atoms with Crippen molar-refractivity contribution < 1.29 is 14.7 Å². The number of aliphatic carboxylic acids is 1. The smallest absolute Gasteiger partial charge is 0.321 e. The van der Waals surface area contributed by atoms with E-state index in [-0.39, 0.29) is 12.6 Å². The van der Waals surface area contributed by atoms with Crippen LogP contribution < -0.4 is 10.2 Å². The first-order valence-corrected chi connectivity index (χ1v) is 6.59. The molecule has 1 rings (SSSR count). The Labute approximate surface area is 124 Å². The van der Waals surface area contributed by atoms with Gasteiger partial charge in [-0.3, -0.25) is 9.69 Å². The molecule has 2 N–H and O–H groups in total. The molecule has 0 aliphatic carbocycles. The van der Waals surface area contributed by atoms with Crippen molar-refractivity contribution in [3.8, 4) is 6.07 Å². The molecule has 1 aromatic carbocycles. The van der Waals surface area contributed by atoms with E-state index in [1.165, 1.54) is 4.90 Å². The maximum absolute atomic E-state index is 12.0. The molecular weight excluding hydrogens is 270 g/mol. The molecule has 0 aliphatic heterocycles. The number of benzene rings is 1. The highest BCUT2D eigenvalue weighted by atomic mass is 16.4. The first-order valence-electron chi connectivity index (χ1n) is 6.59. The van der Waals surface area contributed by atoms with E-state index in [9.17, 15) is 9.59 Å². The minimum absolute atomic E-state index is 0.0539. The van der Waals surface area contributed by atoms with Crippen LogP contribution in [0.1, 0.15) is 25.8 Å². The number of carboxylic acid groups (broad SMARTS) is 1. The predicted octanol–water partition coefficient (Wildman–Crippen LogP) is 2.20. The van der Waals surface area contributed by atoms with Crippen LogP contribution in [0.25, 0.3) is 0 Å². The van der Waals surface area contributed by atoms with Crippen LogP contribution >= 0.6 is 0 Å². The van der Waals surface area contributed by atoms with Gasteiger partial charge in [-0.05, 0) is 37.6 Å². The van der Waals surface area contributed by atoms with Gasteiger partial charge in [0.1, 0.15) is 0 Å². The van der Waals surface area contributed by atoms with Crippen molar-refractivity contribution in [1.29, 1.82) is 5.26 Å². The third-order valence-corrected chi connectivity index (χ3v) is 3.61. The fourth-order valence-corrected chi connectivity index (χ4v) is 1.62. The van der Waals surface area contributed by atoms with Gasteiger partial charge in [0.25, 0.3) is 0 Å². The molecule has 0 heterocycles. The summed E-state index contributed by atoms with van der Waals surface area (Å²) in [4.78, 5) is 24.6. The van der Waals surface area contributed by atoms with Gasteiger partial charge in [0.05, 0.1) is 17.0 Å². The molecule has 6 heteroatoms. The van der Waals surface area contributed by atoms with E-state index in [1.54, 1.807) is 45.2 Å². The summed E-state index contributed by atoms with van der Waals surface area (Å²) in [5, 5.41) is 20.5. The van der Waals surface area contributed by atoms with Crippen LogP contribution in [0.3, 0.4) is 0 Å². The van der Waals surface area contributed by atoms with Gasteiger partial charge in [-0.2, -0.15) is 5.26 Å². The number of rotatable bonds is 5. The van der Waals surface area contributed by atoms with E-state index >= 15 is 0 Å². The fraction of sp³-hybridized carbons (Fsp3) is 0.400. The van der Waals surface area contributed by atoms with Crippen LogP contribution in [0, 0.1) is 16.7 Å². The number of nitrogens with one attached hydrogen (secondary N) is 1. The zero-order chi connectivity index (χ0) is 16.0. The molecule has 1 atom stereocenters. The lowest BCUT2D eigenvalue weighted by atomic mass is 9.88. The first kappa shape index (κ1) is 16.5. The van der Waals surface area contributed by atoms with Crippen LogP contribution in [0.2, 0.25) is 0 Å². The van der Waals surface area contributed by atoms with Crippen LogP contribution in [0.15, 0.2) is 24.3 Å². The Morgan fingerprint density at radius 3 is 2.38 bits per heavy atom. The Morgan fingerprint density at radius 1 is 1.38 bits per heavy atom. The topological polar surface area (TPSA) is 93.4 Å². The summed E-state index contributed by atoms with van der Waals surface area (Å²) in [5.74, 6) is -0.939. The number of anilines is 1. The van der Waals surface area contributed by atoms with Crippen LogP contribution in [0.4, 0.5) is 10.5 Å². The van der Waals surface area contributed by atoms with Crippen molar-refractivity contribution in [3.63, 3.8) is 0 Å². The molecule has 1 aromatic rings. The average molecular weight is 289 g/mol. The summed E-state index contributed by atoms with van der Waals surface area (Å²) in [6.45, 7) is 3.42. The number of nitrogens with zero attached hydrogens (tertiary/aromatic N) is 2. The summed E-state index contributed by atoms with van der Waals surface area (Å²) in [5.41, 5.74) is 0.151. The lowest BCUT2D eigenvalue weighted by Crippen LogP contribution is -2.45. The van der Waals surface area contributed by atoms with E-state index in [2.05, 4.69) is 5.32 Å². The van der Waals surface area contributed by atoms with Gasteiger partial charge in [-0.1, -0.05) is 6.92 Å². The number of hydrogen-bond acceptors (Lipinski definition) is 3. The largest absolute Gasteiger partial charge is 0.481 e. The molecule has 0 spiro atoms. The summed E-state index contributed by atoms with van der Waals surface area (Å²) < 4.78 is 0. The number of urea groups is 1. The zero-order valence-corrected chi connectivity index (χ0v) is 12.4. The molecule has 0 fully saturated rings. The number of carboxylic acids is 1. The fourth-order valence-electron chi connectivity index (χ4n) is 1.62. The van der Waals surface area contributed by atoms with Gasteiger partial charge in [-0.25, -0.2) is 4.79 Å². The Kier molecular flexibility index (Phi) is 5.30. The molecule has 6 nitrogen and oxygen atoms in total. The zero-order valence-electron chi connectivity index (χ0n) is 12.4. The van der Waals surface area contributed by atoms with E-state index in [0.29, 0.717) is 17.7 Å². The SMILES string of the molecule is CCC(C)(CNC(=O)N(C)c1ccc(C#N)cc1)C(=O)O. The standard InChI is InChI=1S/C15H19N3O3/c1-4-15(2,13(19)20)10-17-14(21)18(3)12-7-5-11(9-16)6-8-12/h5-8H,4,10H2,1-3H3,(H,17,21)(H,19,20). The van der Waals surface area contributed by atoms with Crippen LogP contribution in [-0.4, -0.2) is 30.7 Å². The minimum atomic E-state index is -0.985. The van der Waals surface area contributed by atoms with Crippen molar-refractivity contribution in [2.45, 2.75) is 20.3 Å². The lowest BCUT2D eigenvalue weighted by molar-refractivity contribution is -0.147. The maximum Gasteiger partial charge on any atom is 0.321 e. The first-order chi connectivity index (χ1) is 9.84. The molecular formula is C15H19N3O3. The molecule has 0 aromatic heterocycles. The van der Waals surface area contributed by atoms with Gasteiger partial charge in [0.15, 0.2) is 0 Å². The second kappa shape index (κ2) is 6.75. The molecule has 112 valence electrons. The third-order valence-electron chi connectivity index (χ3n) is 3.61. The molecule has 0 saturated heterocycles. The Morgan fingerprint density at radius 2 is 1.95 bits per heavy atom. The monoisotopic (exact) mass is 289 g/mol. The van der Waals surface area contributed by atoms with Crippen molar-refractivity contribution in [2.75, 3.05) is 18.5 Å². The van der Waals surface area contributed by atoms with E-state index in [1.807, 2.05) is 6.07 Å². The Bertz CT molecular complexity index is 563. The van der Waals surface area contributed by atoms with Crippen molar-refractivity contribution in [1.82, 2.24) is 5.32 Å². The quantitative estimate of drug-likeness (QED) is 0.869. The van der Waals surface area contributed by atoms with Crippen LogP contribution in [0.5, 0.6) is 0 Å². The maximum atomic E-state index is 12.0. The highest BCUT2D eigenvalue weighted by molar-refractivity contribution is 5.91. The van der Waals surface area contributed by atoms with Gasteiger partial charge >= 0.3 is 12.0 Å². The minimum Gasteiger partial charge on any atom is -0.481 e. The van der Waals surface area contributed by atoms with Gasteiger partial charge in [-0.15, -0.1) is 0 Å². The number of carbonyl (C=O) groups excluding carboxylic acids is 1. The van der Waals surface area contributed by atoms with Gasteiger partial charge < -0.3 is 10.4 Å². The van der Waals surface area contributed by atoms with E-state index < -0.39 is 11.4 Å². The van der Waals surface area contributed by atoms with E-state index in [0.717, 1.165) is 0 Å². The summed E-state index contributed by atoms with van der Waals surface area (Å²) in [6.07, 6.45) is 0.420. The highest BCUT2D eigenvalue weighted by Gasteiger charge is 2.31. The molecule has 0 bridgehead atoms. The number of hydrogen-bond donors (Lipinski definition) is 2. The number of amides is 2. The summed E-state index contributed by atoms with van der Waals surface area (Å²) in [7, 11) is 1.58. The van der Waals surface area contributed by atoms with Gasteiger partial charge in [0.2, 0.25) is 0 Å². The molecule has 2 amide bonds. The van der Waals surface area contributed by atoms with Crippen LogP contribution in [-0.2, 0) is 4.79 Å². The average Bonchev–Trinajstić information content (AvgIpc) is 2.51. The second-order valence-electron chi connectivity index (χ2n) is 5.10. The molecule has 0 radical (unpaired) electrons. The lowest BCUT2D eigenvalue weighted by Gasteiger charge is -2.25. The highest BCUT2D eigenvalue weighted by Crippen LogP contribution is 2.20. The summed E-state index contributed by atoms with van der Waals surface area (Å²) in [6, 6.07) is 8.17. The molecule has 21 heavy (non-hydrogen) atoms. The Hall–Kier alpha value is -2.55. The summed E-state index contributed by atoms with van der Waals surface area (Å²) >= 11 is 0. The van der Waals surface area contributed by atoms with Crippen molar-refractivity contribution in [3.05, 3.63) is 29.8 Å². The Balaban J connectivity index is 2.70. The number of carbonyl (C=O) groups is 2. The number of nitriles is 1.